The van der Waals surface area contributed by atoms with E-state index in [4.69, 9.17) is 9.47 Å². The van der Waals surface area contributed by atoms with Crippen LogP contribution in [0, 0.1) is 0 Å². The molecule has 1 heterocycles. The molecule has 1 aliphatic rings. The quantitative estimate of drug-likeness (QED) is 0.374. The van der Waals surface area contributed by atoms with Crippen molar-refractivity contribution in [3.8, 4) is 0 Å². The fourth-order valence-corrected chi connectivity index (χ4v) is 1.56. The summed E-state index contributed by atoms with van der Waals surface area (Å²) in [5, 5.41) is 33.4. The van der Waals surface area contributed by atoms with Gasteiger partial charge in [-0.25, -0.2) is 4.79 Å². The van der Waals surface area contributed by atoms with Gasteiger partial charge in [-0.3, -0.25) is 0 Å². The Bertz CT molecular complexity index is 262. The van der Waals surface area contributed by atoms with Gasteiger partial charge in [0.25, 0.3) is 0 Å². The molecule has 8 heteroatoms. The van der Waals surface area contributed by atoms with Crippen LogP contribution in [0.25, 0.3) is 0 Å². The van der Waals surface area contributed by atoms with E-state index in [-0.39, 0.29) is 6.54 Å². The number of nitrogens with one attached hydrogen (secondary N) is 2. The van der Waals surface area contributed by atoms with Crippen LogP contribution in [-0.4, -0.2) is 72.8 Å². The van der Waals surface area contributed by atoms with Gasteiger partial charge in [-0.15, -0.1) is 0 Å². The molecule has 0 saturated carbocycles. The third-order valence-electron chi connectivity index (χ3n) is 2.59. The van der Waals surface area contributed by atoms with E-state index in [2.05, 4.69) is 10.6 Å². The molecular weight excluding hydrogens is 232 g/mol. The molecule has 0 aromatic heterocycles. The van der Waals surface area contributed by atoms with Crippen LogP contribution >= 0.6 is 0 Å². The van der Waals surface area contributed by atoms with Gasteiger partial charge in [0.05, 0.1) is 0 Å². The number of aliphatic hydroxyl groups is 3. The number of carbonyl (C=O) groups excluding carboxylic acids is 1. The highest BCUT2D eigenvalue weighted by Gasteiger charge is 2.43. The van der Waals surface area contributed by atoms with E-state index in [1.165, 1.54) is 14.2 Å². The zero-order valence-corrected chi connectivity index (χ0v) is 9.66. The van der Waals surface area contributed by atoms with Gasteiger partial charge in [0.1, 0.15) is 24.4 Å². The molecule has 1 fully saturated rings. The minimum absolute atomic E-state index is 0.00944. The monoisotopic (exact) mass is 250 g/mol. The van der Waals surface area contributed by atoms with Crippen LogP contribution in [0.5, 0.6) is 0 Å². The molecule has 100 valence electrons. The highest BCUT2D eigenvalue weighted by molar-refractivity contribution is 5.73. The second-order valence-corrected chi connectivity index (χ2v) is 3.71. The first-order valence-electron chi connectivity index (χ1n) is 5.19. The van der Waals surface area contributed by atoms with Crippen molar-refractivity contribution >= 4 is 6.03 Å². The second-order valence-electron chi connectivity index (χ2n) is 3.71. The van der Waals surface area contributed by atoms with Crippen molar-refractivity contribution in [2.75, 3.05) is 20.7 Å². The minimum atomic E-state index is -1.38. The van der Waals surface area contributed by atoms with Crippen LogP contribution in [0.3, 0.4) is 0 Å². The van der Waals surface area contributed by atoms with E-state index in [1.807, 2.05) is 0 Å². The average Bonchev–Trinajstić information content (AvgIpc) is 2.34. The molecule has 1 rings (SSSR count). The number of amides is 2. The third kappa shape index (κ3) is 3.27. The topological polar surface area (TPSA) is 120 Å². The molecular formula is C9H18N2O6. The lowest BCUT2D eigenvalue weighted by Gasteiger charge is -2.39. The molecule has 8 nitrogen and oxygen atoms in total. The first-order chi connectivity index (χ1) is 8.01. The maximum Gasteiger partial charge on any atom is 0.314 e. The molecule has 0 spiro atoms. The Hall–Kier alpha value is -0.930. The number of hydrogen-bond donors (Lipinski definition) is 5. The SMILES string of the molecule is CNC(=O)NCC1OC(OC)C(O)C(O)C1O. The van der Waals surface area contributed by atoms with E-state index in [1.54, 1.807) is 0 Å². The van der Waals surface area contributed by atoms with Crippen molar-refractivity contribution in [1.29, 1.82) is 0 Å². The standard InChI is InChI=1S/C9H18N2O6/c1-10-9(15)11-3-4-5(12)6(13)7(14)8(16-2)17-4/h4-8,12-14H,3H2,1-2H3,(H2,10,11,15). The van der Waals surface area contributed by atoms with Crippen molar-refractivity contribution in [3.05, 3.63) is 0 Å². The predicted octanol–water partition coefficient (Wildman–Crippen LogP) is -2.63. The Morgan fingerprint density at radius 2 is 1.94 bits per heavy atom. The molecule has 1 aliphatic heterocycles. The van der Waals surface area contributed by atoms with Crippen molar-refractivity contribution in [1.82, 2.24) is 10.6 Å². The van der Waals surface area contributed by atoms with Gasteiger partial charge in [0.15, 0.2) is 6.29 Å². The van der Waals surface area contributed by atoms with Gasteiger partial charge in [0, 0.05) is 20.7 Å². The lowest BCUT2D eigenvalue weighted by Crippen LogP contribution is -2.60. The summed E-state index contributed by atoms with van der Waals surface area (Å²) < 4.78 is 10.0. The van der Waals surface area contributed by atoms with Gasteiger partial charge in [0.2, 0.25) is 0 Å². The Balaban J connectivity index is 2.56. The largest absolute Gasteiger partial charge is 0.388 e. The van der Waals surface area contributed by atoms with Crippen molar-refractivity contribution in [2.24, 2.45) is 0 Å². The van der Waals surface area contributed by atoms with Crippen LogP contribution in [0.4, 0.5) is 4.79 Å². The average molecular weight is 250 g/mol. The molecule has 0 radical (unpaired) electrons. The molecule has 5 N–H and O–H groups in total. The summed E-state index contributed by atoms with van der Waals surface area (Å²) in [5.41, 5.74) is 0. The Morgan fingerprint density at radius 1 is 1.29 bits per heavy atom. The van der Waals surface area contributed by atoms with Crippen molar-refractivity contribution in [3.63, 3.8) is 0 Å². The van der Waals surface area contributed by atoms with Gasteiger partial charge in [-0.05, 0) is 0 Å². The lowest BCUT2D eigenvalue weighted by molar-refractivity contribution is -0.288. The number of carbonyl (C=O) groups is 1. The number of ether oxygens (including phenoxy) is 2. The third-order valence-corrected chi connectivity index (χ3v) is 2.59. The van der Waals surface area contributed by atoms with Crippen LogP contribution in [0.1, 0.15) is 0 Å². The molecule has 0 aromatic rings. The number of aliphatic hydroxyl groups excluding tert-OH is 3. The van der Waals surface area contributed by atoms with E-state index in [0.717, 1.165) is 0 Å². The van der Waals surface area contributed by atoms with Crippen LogP contribution in [0.15, 0.2) is 0 Å². The number of rotatable bonds is 3. The Kier molecular flexibility index (Phi) is 5.09. The minimum Gasteiger partial charge on any atom is -0.388 e. The zero-order valence-electron chi connectivity index (χ0n) is 9.66. The first kappa shape index (κ1) is 14.1. The van der Waals surface area contributed by atoms with Gasteiger partial charge in [-0.1, -0.05) is 0 Å². The van der Waals surface area contributed by atoms with Crippen molar-refractivity contribution < 1.29 is 29.6 Å². The smallest absolute Gasteiger partial charge is 0.314 e. The molecule has 2 amide bonds. The molecule has 5 unspecified atom stereocenters. The highest BCUT2D eigenvalue weighted by Crippen LogP contribution is 2.21. The van der Waals surface area contributed by atoms with Crippen molar-refractivity contribution in [2.45, 2.75) is 30.7 Å². The fourth-order valence-electron chi connectivity index (χ4n) is 1.56. The summed E-state index contributed by atoms with van der Waals surface area (Å²) in [6, 6.07) is -0.435. The number of urea groups is 1. The lowest BCUT2D eigenvalue weighted by atomic mass is 9.99. The Morgan fingerprint density at radius 3 is 2.47 bits per heavy atom. The van der Waals surface area contributed by atoms with Crippen LogP contribution in [-0.2, 0) is 9.47 Å². The van der Waals surface area contributed by atoms with Gasteiger partial charge < -0.3 is 35.4 Å². The maximum absolute atomic E-state index is 11.0. The molecule has 0 bridgehead atoms. The normalized spacial score (nSPS) is 37.6. The zero-order chi connectivity index (χ0) is 13.0. The maximum atomic E-state index is 11.0. The molecule has 0 aliphatic carbocycles. The van der Waals surface area contributed by atoms with E-state index in [0.29, 0.717) is 0 Å². The Labute approximate surface area is 98.5 Å². The summed E-state index contributed by atoms with van der Waals surface area (Å²) in [6.07, 6.45) is -5.90. The van der Waals surface area contributed by atoms with Crippen LogP contribution in [0.2, 0.25) is 0 Å². The predicted molar refractivity (Wildman–Crippen MR) is 56.1 cm³/mol. The van der Waals surface area contributed by atoms with E-state index >= 15 is 0 Å². The second kappa shape index (κ2) is 6.12. The molecule has 5 atom stereocenters. The van der Waals surface area contributed by atoms with Crippen LogP contribution < -0.4 is 10.6 Å². The summed E-state index contributed by atoms with van der Waals surface area (Å²) in [5.74, 6) is 0. The van der Waals surface area contributed by atoms with Gasteiger partial charge >= 0.3 is 6.03 Å². The fraction of sp³-hybridized carbons (Fsp3) is 0.889. The highest BCUT2D eigenvalue weighted by atomic mass is 16.7. The molecule has 17 heavy (non-hydrogen) atoms. The van der Waals surface area contributed by atoms with E-state index < -0.39 is 36.7 Å². The summed E-state index contributed by atoms with van der Waals surface area (Å²) in [4.78, 5) is 11.0. The van der Waals surface area contributed by atoms with E-state index in [9.17, 15) is 20.1 Å². The number of methoxy groups -OCH3 is 1. The molecule has 0 aromatic carbocycles. The summed E-state index contributed by atoms with van der Waals surface area (Å²) in [7, 11) is 2.76. The summed E-state index contributed by atoms with van der Waals surface area (Å²) in [6.45, 7) is -0.00944. The number of hydrogen-bond acceptors (Lipinski definition) is 6. The van der Waals surface area contributed by atoms with Gasteiger partial charge in [-0.2, -0.15) is 0 Å². The molecule has 1 saturated heterocycles. The summed E-state index contributed by atoms with van der Waals surface area (Å²) >= 11 is 0. The first-order valence-corrected chi connectivity index (χ1v) is 5.19.